The number of fused-ring (bicyclic) bond motifs is 2. The minimum Gasteiger partial charge on any atom is -0.491 e. The Morgan fingerprint density at radius 3 is 2.61 bits per heavy atom. The van der Waals surface area contributed by atoms with Gasteiger partial charge < -0.3 is 14.6 Å². The van der Waals surface area contributed by atoms with Gasteiger partial charge >= 0.3 is 0 Å². The van der Waals surface area contributed by atoms with Gasteiger partial charge in [-0.05, 0) is 44.4 Å². The van der Waals surface area contributed by atoms with Gasteiger partial charge in [-0.3, -0.25) is 25.0 Å². The lowest BCUT2D eigenvalue weighted by Gasteiger charge is -2.11. The summed E-state index contributed by atoms with van der Waals surface area (Å²) >= 11 is 0. The topological polar surface area (TPSA) is 121 Å². The van der Waals surface area contributed by atoms with Crippen LogP contribution >= 0.6 is 0 Å². The monoisotopic (exact) mass is 477 g/mol. The van der Waals surface area contributed by atoms with E-state index in [1.165, 1.54) is 0 Å². The molecule has 0 bridgehead atoms. The highest BCUT2D eigenvalue weighted by Crippen LogP contribution is 2.31. The van der Waals surface area contributed by atoms with Crippen molar-refractivity contribution < 1.29 is 4.74 Å². The van der Waals surface area contributed by atoms with Gasteiger partial charge in [0, 0.05) is 47.8 Å². The number of nitrogens with one attached hydrogen (secondary N) is 2. The highest BCUT2D eigenvalue weighted by atomic mass is 16.5. The summed E-state index contributed by atoms with van der Waals surface area (Å²) in [5.41, 5.74) is 6.54. The summed E-state index contributed by atoms with van der Waals surface area (Å²) < 4.78 is 5.85. The Hall–Kier alpha value is -4.70. The van der Waals surface area contributed by atoms with E-state index in [0.29, 0.717) is 23.9 Å². The average molecular weight is 478 g/mol. The van der Waals surface area contributed by atoms with Crippen LogP contribution in [0.15, 0.2) is 67.5 Å². The maximum absolute atomic E-state index is 5.85. The molecule has 6 aromatic heterocycles. The molecule has 178 valence electrons. The minimum atomic E-state index is 0.582. The predicted molar refractivity (Wildman–Crippen MR) is 137 cm³/mol. The van der Waals surface area contributed by atoms with Crippen LogP contribution in [0.3, 0.4) is 0 Å². The molecule has 0 aliphatic rings. The van der Waals surface area contributed by atoms with Gasteiger partial charge in [0.2, 0.25) is 0 Å². The molecule has 6 rings (SSSR count). The van der Waals surface area contributed by atoms with Gasteiger partial charge in [0.25, 0.3) is 0 Å². The van der Waals surface area contributed by atoms with Crippen molar-refractivity contribution in [3.63, 3.8) is 0 Å². The molecular weight excluding hydrogens is 454 g/mol. The van der Waals surface area contributed by atoms with Crippen LogP contribution in [0.2, 0.25) is 0 Å². The minimum absolute atomic E-state index is 0.582. The molecule has 10 nitrogen and oxygen atoms in total. The Labute approximate surface area is 206 Å². The van der Waals surface area contributed by atoms with Crippen molar-refractivity contribution >= 4 is 21.9 Å². The van der Waals surface area contributed by atoms with E-state index < -0.39 is 0 Å². The molecule has 0 saturated carbocycles. The van der Waals surface area contributed by atoms with Gasteiger partial charge in [-0.15, -0.1) is 0 Å². The number of imidazole rings is 1. The van der Waals surface area contributed by atoms with E-state index in [0.717, 1.165) is 51.0 Å². The first-order valence-corrected chi connectivity index (χ1v) is 11.5. The third-order valence-electron chi connectivity index (χ3n) is 5.84. The molecule has 0 fully saturated rings. The number of hydrogen-bond acceptors (Lipinski definition) is 8. The van der Waals surface area contributed by atoms with Crippen molar-refractivity contribution in [1.29, 1.82) is 0 Å². The Bertz CT molecular complexity index is 1660. The van der Waals surface area contributed by atoms with Gasteiger partial charge in [-0.1, -0.05) is 0 Å². The molecule has 2 N–H and O–H groups in total. The van der Waals surface area contributed by atoms with Crippen molar-refractivity contribution in [3.05, 3.63) is 67.5 Å². The van der Waals surface area contributed by atoms with E-state index in [1.807, 2.05) is 44.4 Å². The van der Waals surface area contributed by atoms with Crippen LogP contribution in [0.1, 0.15) is 0 Å². The number of aromatic nitrogens is 8. The molecule has 6 aromatic rings. The number of aromatic amines is 2. The number of likely N-dealkylation sites (N-methyl/N-ethyl adjacent to an activating group) is 1. The van der Waals surface area contributed by atoms with Crippen LogP contribution in [0, 0.1) is 0 Å². The first-order chi connectivity index (χ1) is 17.7. The lowest BCUT2D eigenvalue weighted by atomic mass is 10.1. The van der Waals surface area contributed by atoms with Crippen molar-refractivity contribution in [3.8, 4) is 39.8 Å². The Balaban J connectivity index is 1.38. The normalized spacial score (nSPS) is 11.5. The van der Waals surface area contributed by atoms with E-state index in [-0.39, 0.29) is 0 Å². The van der Waals surface area contributed by atoms with Crippen LogP contribution in [0.5, 0.6) is 5.75 Å². The van der Waals surface area contributed by atoms with E-state index in [2.05, 4.69) is 40.0 Å². The molecule has 0 aromatic carbocycles. The summed E-state index contributed by atoms with van der Waals surface area (Å²) in [5, 5.41) is 8.50. The molecular formula is C26H23N9O. The maximum Gasteiger partial charge on any atom is 0.159 e. The lowest BCUT2D eigenvalue weighted by molar-refractivity contribution is 0.261. The molecule has 0 saturated heterocycles. The zero-order valence-corrected chi connectivity index (χ0v) is 19.8. The molecule has 0 spiro atoms. The third kappa shape index (κ3) is 4.14. The summed E-state index contributed by atoms with van der Waals surface area (Å²) in [6, 6.07) is 9.69. The van der Waals surface area contributed by atoms with Gasteiger partial charge in [-0.2, -0.15) is 5.10 Å². The quantitative estimate of drug-likeness (QED) is 0.354. The fraction of sp³-hybridized carbons (Fsp3) is 0.154. The van der Waals surface area contributed by atoms with E-state index in [9.17, 15) is 0 Å². The summed E-state index contributed by atoms with van der Waals surface area (Å²) in [7, 11) is 4.02. The second-order valence-corrected chi connectivity index (χ2v) is 8.63. The van der Waals surface area contributed by atoms with Crippen LogP contribution in [-0.4, -0.2) is 72.2 Å². The number of rotatable bonds is 7. The lowest BCUT2D eigenvalue weighted by Crippen LogP contribution is -2.19. The summed E-state index contributed by atoms with van der Waals surface area (Å²) in [4.78, 5) is 27.9. The largest absolute Gasteiger partial charge is 0.491 e. The van der Waals surface area contributed by atoms with Crippen LogP contribution in [0.25, 0.3) is 56.0 Å². The Morgan fingerprint density at radius 1 is 0.861 bits per heavy atom. The van der Waals surface area contributed by atoms with Gasteiger partial charge in [0.1, 0.15) is 23.6 Å². The van der Waals surface area contributed by atoms with E-state index >= 15 is 0 Å². The zero-order valence-electron chi connectivity index (χ0n) is 19.8. The molecule has 10 heteroatoms. The summed E-state index contributed by atoms with van der Waals surface area (Å²) in [6.07, 6.45) is 10.5. The number of nitrogens with zero attached hydrogens (tertiary/aromatic N) is 7. The molecule has 0 aliphatic heterocycles. The second kappa shape index (κ2) is 9.16. The number of pyridine rings is 4. The molecule has 0 unspecified atom stereocenters. The predicted octanol–water partition coefficient (Wildman–Crippen LogP) is 3.96. The number of H-pyrrole nitrogens is 2. The smallest absolute Gasteiger partial charge is 0.159 e. The van der Waals surface area contributed by atoms with E-state index in [4.69, 9.17) is 9.72 Å². The Kier molecular flexibility index (Phi) is 5.55. The van der Waals surface area contributed by atoms with Gasteiger partial charge in [-0.25, -0.2) is 4.98 Å². The van der Waals surface area contributed by atoms with Crippen molar-refractivity contribution in [2.75, 3.05) is 27.2 Å². The molecule has 0 aliphatic carbocycles. The van der Waals surface area contributed by atoms with Crippen molar-refractivity contribution in [2.24, 2.45) is 0 Å². The van der Waals surface area contributed by atoms with Crippen molar-refractivity contribution in [2.45, 2.75) is 0 Å². The average Bonchev–Trinajstić information content (AvgIpc) is 3.53. The zero-order chi connectivity index (χ0) is 24.5. The fourth-order valence-electron chi connectivity index (χ4n) is 4.01. The van der Waals surface area contributed by atoms with Gasteiger partial charge in [0.05, 0.1) is 34.8 Å². The van der Waals surface area contributed by atoms with Gasteiger partial charge in [0.15, 0.2) is 5.82 Å². The molecule has 6 heterocycles. The maximum atomic E-state index is 5.85. The molecule has 36 heavy (non-hydrogen) atoms. The molecule has 0 atom stereocenters. The second-order valence-electron chi connectivity index (χ2n) is 8.63. The van der Waals surface area contributed by atoms with Crippen LogP contribution in [-0.2, 0) is 0 Å². The fourth-order valence-corrected chi connectivity index (χ4v) is 4.01. The highest BCUT2D eigenvalue weighted by molar-refractivity contribution is 5.96. The first-order valence-electron chi connectivity index (χ1n) is 11.5. The summed E-state index contributed by atoms with van der Waals surface area (Å²) in [5.74, 6) is 1.35. The standard InChI is InChI=1S/C26H23N9O/c1-35(2)9-10-36-18-11-17(13-28-14-18)21-12-19-22(15-30-21)33-34-24(19)26-31-20-5-8-29-23(25(20)32-26)16-3-6-27-7-4-16/h3-8,11-15H,9-10H2,1-2H3,(H,31,32)(H,33,34). The van der Waals surface area contributed by atoms with Crippen LogP contribution < -0.4 is 4.74 Å². The molecule has 0 amide bonds. The third-order valence-corrected chi connectivity index (χ3v) is 5.84. The molecule has 0 radical (unpaired) electrons. The highest BCUT2D eigenvalue weighted by Gasteiger charge is 2.17. The summed E-state index contributed by atoms with van der Waals surface area (Å²) in [6.45, 7) is 1.40. The number of ether oxygens (including phenoxy) is 1. The Morgan fingerprint density at radius 2 is 1.75 bits per heavy atom. The number of hydrogen-bond donors (Lipinski definition) is 2. The first kappa shape index (κ1) is 21.8. The van der Waals surface area contributed by atoms with Crippen molar-refractivity contribution in [1.82, 2.24) is 45.0 Å². The van der Waals surface area contributed by atoms with E-state index in [1.54, 1.807) is 37.2 Å². The SMILES string of the molecule is CN(C)CCOc1cncc(-c2cc3c(-c4nc5c(-c6ccncc6)nccc5[nH]4)n[nH]c3cn2)c1. The van der Waals surface area contributed by atoms with Crippen LogP contribution in [0.4, 0.5) is 0 Å².